The van der Waals surface area contributed by atoms with E-state index in [-0.39, 0.29) is 5.75 Å². The zero-order valence-corrected chi connectivity index (χ0v) is 17.5. The van der Waals surface area contributed by atoms with Crippen LogP contribution in [0.3, 0.4) is 0 Å². The Kier molecular flexibility index (Phi) is 5.36. The standard InChI is InChI=1S/C23H23N3O2S/c1-4-17-10-18(20(27)11-21(17)28-12-16-8-6-5-7-9-16)23-22(14(2)25-26-23)19-13-29-15(3)24-19/h5-11,13,27H,4,12H2,1-3H3,(H,25,26). The fourth-order valence-corrected chi connectivity index (χ4v) is 3.97. The molecule has 6 heteroatoms. The van der Waals surface area contributed by atoms with E-state index >= 15 is 0 Å². The highest BCUT2D eigenvalue weighted by molar-refractivity contribution is 7.09. The van der Waals surface area contributed by atoms with E-state index in [4.69, 9.17) is 4.74 Å². The van der Waals surface area contributed by atoms with E-state index in [2.05, 4.69) is 22.1 Å². The van der Waals surface area contributed by atoms with Crippen LogP contribution in [0, 0.1) is 13.8 Å². The van der Waals surface area contributed by atoms with Crippen molar-refractivity contribution in [2.24, 2.45) is 0 Å². The molecule has 2 N–H and O–H groups in total. The second-order valence-corrected chi connectivity index (χ2v) is 7.99. The summed E-state index contributed by atoms with van der Waals surface area (Å²) in [6.45, 7) is 6.48. The molecule has 0 atom stereocenters. The zero-order valence-electron chi connectivity index (χ0n) is 16.7. The zero-order chi connectivity index (χ0) is 20.4. The maximum absolute atomic E-state index is 10.8. The average Bonchev–Trinajstić information content (AvgIpc) is 3.32. The van der Waals surface area contributed by atoms with Crippen LogP contribution in [0.25, 0.3) is 22.5 Å². The maximum atomic E-state index is 10.8. The van der Waals surface area contributed by atoms with Crippen molar-refractivity contribution in [3.8, 4) is 34.0 Å². The summed E-state index contributed by atoms with van der Waals surface area (Å²) >= 11 is 1.60. The normalized spacial score (nSPS) is 11.0. The minimum atomic E-state index is 0.143. The number of aryl methyl sites for hydroxylation is 3. The van der Waals surface area contributed by atoms with Crippen LogP contribution in [0.15, 0.2) is 47.8 Å². The first kappa shape index (κ1) is 19.2. The number of phenols is 1. The lowest BCUT2D eigenvalue weighted by Gasteiger charge is -2.14. The number of aromatic nitrogens is 3. The molecular formula is C23H23N3O2S. The number of rotatable bonds is 6. The van der Waals surface area contributed by atoms with Crippen LogP contribution in [0.4, 0.5) is 0 Å². The van der Waals surface area contributed by atoms with Gasteiger partial charge in [0.15, 0.2) is 0 Å². The minimum Gasteiger partial charge on any atom is -0.507 e. The molecule has 0 amide bonds. The Hall–Kier alpha value is -3.12. The van der Waals surface area contributed by atoms with Crippen LogP contribution in [-0.2, 0) is 13.0 Å². The summed E-state index contributed by atoms with van der Waals surface area (Å²) in [5.41, 5.74) is 6.21. The number of hydrogen-bond donors (Lipinski definition) is 2. The smallest absolute Gasteiger partial charge is 0.128 e. The summed E-state index contributed by atoms with van der Waals surface area (Å²) in [6, 6.07) is 13.7. The van der Waals surface area contributed by atoms with Gasteiger partial charge in [-0.1, -0.05) is 37.3 Å². The molecule has 2 aromatic heterocycles. The number of nitrogens with one attached hydrogen (secondary N) is 1. The number of aromatic hydroxyl groups is 1. The second-order valence-electron chi connectivity index (χ2n) is 6.93. The maximum Gasteiger partial charge on any atom is 0.128 e. The van der Waals surface area contributed by atoms with E-state index in [1.54, 1.807) is 17.4 Å². The van der Waals surface area contributed by atoms with Crippen molar-refractivity contribution in [1.82, 2.24) is 15.2 Å². The summed E-state index contributed by atoms with van der Waals surface area (Å²) in [6.07, 6.45) is 0.784. The molecule has 148 valence electrons. The second kappa shape index (κ2) is 8.09. The molecule has 0 aliphatic heterocycles. The number of hydrogen-bond acceptors (Lipinski definition) is 5. The Bertz CT molecular complexity index is 1130. The van der Waals surface area contributed by atoms with Crippen LogP contribution in [-0.4, -0.2) is 20.3 Å². The van der Waals surface area contributed by atoms with Crippen LogP contribution in [0.2, 0.25) is 0 Å². The van der Waals surface area contributed by atoms with Crippen LogP contribution < -0.4 is 4.74 Å². The number of nitrogens with zero attached hydrogens (tertiary/aromatic N) is 2. The molecule has 5 nitrogen and oxygen atoms in total. The highest BCUT2D eigenvalue weighted by Crippen LogP contribution is 2.40. The van der Waals surface area contributed by atoms with E-state index < -0.39 is 0 Å². The van der Waals surface area contributed by atoms with Crippen LogP contribution >= 0.6 is 11.3 Å². The van der Waals surface area contributed by atoms with Gasteiger partial charge in [0.25, 0.3) is 0 Å². The lowest BCUT2D eigenvalue weighted by Crippen LogP contribution is -1.99. The third-order valence-electron chi connectivity index (χ3n) is 4.87. The monoisotopic (exact) mass is 405 g/mol. The van der Waals surface area contributed by atoms with Crippen molar-refractivity contribution in [2.45, 2.75) is 33.8 Å². The minimum absolute atomic E-state index is 0.143. The van der Waals surface area contributed by atoms with Crippen molar-refractivity contribution < 1.29 is 9.84 Å². The first-order chi connectivity index (χ1) is 14.1. The van der Waals surface area contributed by atoms with Gasteiger partial charge in [0.05, 0.1) is 10.7 Å². The molecule has 0 fully saturated rings. The number of benzene rings is 2. The quantitative estimate of drug-likeness (QED) is 0.434. The molecule has 0 aliphatic carbocycles. The fraction of sp³-hybridized carbons (Fsp3) is 0.217. The third-order valence-corrected chi connectivity index (χ3v) is 5.65. The van der Waals surface area contributed by atoms with Gasteiger partial charge < -0.3 is 9.84 Å². The predicted molar refractivity (Wildman–Crippen MR) is 116 cm³/mol. The first-order valence-electron chi connectivity index (χ1n) is 9.57. The third kappa shape index (κ3) is 3.89. The van der Waals surface area contributed by atoms with E-state index in [1.807, 2.05) is 55.6 Å². The van der Waals surface area contributed by atoms with Crippen molar-refractivity contribution >= 4 is 11.3 Å². The molecule has 0 bridgehead atoms. The number of ether oxygens (including phenoxy) is 1. The average molecular weight is 406 g/mol. The van der Waals surface area contributed by atoms with E-state index in [0.29, 0.717) is 23.6 Å². The Labute approximate surface area is 174 Å². The van der Waals surface area contributed by atoms with Gasteiger partial charge in [-0.25, -0.2) is 4.98 Å². The summed E-state index contributed by atoms with van der Waals surface area (Å²) in [5.74, 6) is 0.834. The molecule has 0 unspecified atom stereocenters. The molecular weight excluding hydrogens is 382 g/mol. The van der Waals surface area contributed by atoms with Gasteiger partial charge in [0.2, 0.25) is 0 Å². The molecule has 2 heterocycles. The van der Waals surface area contributed by atoms with Crippen molar-refractivity contribution in [1.29, 1.82) is 0 Å². The van der Waals surface area contributed by atoms with Gasteiger partial charge in [-0.3, -0.25) is 5.10 Å². The number of aromatic amines is 1. The molecule has 4 aromatic rings. The van der Waals surface area contributed by atoms with E-state index in [0.717, 1.165) is 39.5 Å². The number of H-pyrrole nitrogens is 1. The molecule has 0 saturated carbocycles. The summed E-state index contributed by atoms with van der Waals surface area (Å²) in [7, 11) is 0. The molecule has 0 spiro atoms. The lowest BCUT2D eigenvalue weighted by molar-refractivity contribution is 0.301. The van der Waals surface area contributed by atoms with E-state index in [1.165, 1.54) is 0 Å². The van der Waals surface area contributed by atoms with Crippen LogP contribution in [0.5, 0.6) is 11.5 Å². The van der Waals surface area contributed by atoms with Gasteiger partial charge in [-0.15, -0.1) is 11.3 Å². The highest BCUT2D eigenvalue weighted by Gasteiger charge is 2.21. The topological polar surface area (TPSA) is 71.0 Å². The van der Waals surface area contributed by atoms with Gasteiger partial charge in [0, 0.05) is 28.3 Å². The van der Waals surface area contributed by atoms with E-state index in [9.17, 15) is 5.11 Å². The van der Waals surface area contributed by atoms with Crippen LogP contribution in [0.1, 0.15) is 28.8 Å². The van der Waals surface area contributed by atoms with Gasteiger partial charge in [-0.05, 0) is 37.5 Å². The molecule has 0 aliphatic rings. The van der Waals surface area contributed by atoms with Crippen molar-refractivity contribution in [2.75, 3.05) is 0 Å². The Morgan fingerprint density at radius 3 is 2.62 bits per heavy atom. The van der Waals surface area contributed by atoms with Crippen molar-refractivity contribution in [3.05, 3.63) is 69.7 Å². The number of thiazole rings is 1. The summed E-state index contributed by atoms with van der Waals surface area (Å²) in [4.78, 5) is 4.61. The van der Waals surface area contributed by atoms with Crippen molar-refractivity contribution in [3.63, 3.8) is 0 Å². The Balaban J connectivity index is 1.71. The predicted octanol–water partition coefficient (Wildman–Crippen LogP) is 5.66. The molecule has 2 aromatic carbocycles. The fourth-order valence-electron chi connectivity index (χ4n) is 3.37. The lowest BCUT2D eigenvalue weighted by atomic mass is 9.99. The van der Waals surface area contributed by atoms with Gasteiger partial charge in [0.1, 0.15) is 23.8 Å². The molecule has 0 saturated heterocycles. The molecule has 4 rings (SSSR count). The largest absolute Gasteiger partial charge is 0.507 e. The SMILES string of the molecule is CCc1cc(-c2n[nH]c(C)c2-c2csc(C)n2)c(O)cc1OCc1ccccc1. The summed E-state index contributed by atoms with van der Waals surface area (Å²) in [5, 5.41) is 21.3. The molecule has 0 radical (unpaired) electrons. The number of phenolic OH excluding ortho intramolecular Hbond substituents is 1. The Morgan fingerprint density at radius 2 is 1.93 bits per heavy atom. The van der Waals surface area contributed by atoms with Gasteiger partial charge >= 0.3 is 0 Å². The molecule has 29 heavy (non-hydrogen) atoms. The first-order valence-corrected chi connectivity index (χ1v) is 10.4. The summed E-state index contributed by atoms with van der Waals surface area (Å²) < 4.78 is 6.01. The van der Waals surface area contributed by atoms with Gasteiger partial charge in [-0.2, -0.15) is 5.10 Å². The highest BCUT2D eigenvalue weighted by atomic mass is 32.1. The Morgan fingerprint density at radius 1 is 1.14 bits per heavy atom.